The van der Waals surface area contributed by atoms with E-state index in [1.54, 1.807) is 19.1 Å². The van der Waals surface area contributed by atoms with Gasteiger partial charge in [0.25, 0.3) is 0 Å². The molecule has 0 saturated heterocycles. The monoisotopic (exact) mass is 245 g/mol. The van der Waals surface area contributed by atoms with Crippen molar-refractivity contribution in [2.45, 2.75) is 11.8 Å². The summed E-state index contributed by atoms with van der Waals surface area (Å²) in [5, 5.41) is 4.94. The third-order valence-electron chi connectivity index (χ3n) is 1.78. The number of rotatable bonds is 4. The Hall–Kier alpha value is -1.40. The second-order valence-electron chi connectivity index (χ2n) is 3.02. The van der Waals surface area contributed by atoms with Crippen LogP contribution in [0.4, 0.5) is 4.39 Å². The lowest BCUT2D eigenvalue weighted by Crippen LogP contribution is -2.14. The van der Waals surface area contributed by atoms with Crippen LogP contribution in [0.25, 0.3) is 0 Å². The fourth-order valence-electron chi connectivity index (χ4n) is 1.06. The van der Waals surface area contributed by atoms with Gasteiger partial charge >= 0.3 is 0 Å². The van der Waals surface area contributed by atoms with Gasteiger partial charge in [-0.1, -0.05) is 12.2 Å². The van der Waals surface area contributed by atoms with Crippen LogP contribution in [0.3, 0.4) is 0 Å². The molecule has 0 radical (unpaired) electrons. The summed E-state index contributed by atoms with van der Waals surface area (Å²) in [6.45, 7) is 2.00. The summed E-state index contributed by atoms with van der Waals surface area (Å²) in [6.07, 6.45) is 3.44. The summed E-state index contributed by atoms with van der Waals surface area (Å²) in [6, 6.07) is 3.18. The van der Waals surface area contributed by atoms with Crippen molar-refractivity contribution in [2.75, 3.05) is 6.61 Å². The number of hydrogen-bond acceptors (Lipinski definition) is 3. The quantitative estimate of drug-likeness (QED) is 0.816. The second kappa shape index (κ2) is 5.09. The Balaban J connectivity index is 3.08. The molecule has 6 heteroatoms. The number of sulfonamides is 1. The van der Waals surface area contributed by atoms with E-state index in [9.17, 15) is 12.8 Å². The van der Waals surface area contributed by atoms with Crippen LogP contribution in [0.1, 0.15) is 6.92 Å². The van der Waals surface area contributed by atoms with E-state index in [2.05, 4.69) is 0 Å². The van der Waals surface area contributed by atoms with Gasteiger partial charge in [0, 0.05) is 0 Å². The molecule has 0 bridgehead atoms. The lowest BCUT2D eigenvalue weighted by Gasteiger charge is -2.08. The summed E-state index contributed by atoms with van der Waals surface area (Å²) in [4.78, 5) is -0.350. The Morgan fingerprint density at radius 3 is 2.75 bits per heavy atom. The van der Waals surface area contributed by atoms with E-state index in [4.69, 9.17) is 9.88 Å². The van der Waals surface area contributed by atoms with Gasteiger partial charge < -0.3 is 4.74 Å². The molecule has 2 N–H and O–H groups in total. The molecule has 0 aromatic heterocycles. The number of ether oxygens (including phenoxy) is 1. The molecule has 0 heterocycles. The average molecular weight is 245 g/mol. The molecule has 1 aromatic rings. The molecule has 88 valence electrons. The van der Waals surface area contributed by atoms with E-state index in [0.29, 0.717) is 0 Å². The third kappa shape index (κ3) is 3.32. The maximum Gasteiger partial charge on any atom is 0.241 e. The molecule has 0 amide bonds. The summed E-state index contributed by atoms with van der Waals surface area (Å²) in [5.74, 6) is -0.635. The van der Waals surface area contributed by atoms with Crippen molar-refractivity contribution in [2.24, 2.45) is 5.14 Å². The van der Waals surface area contributed by atoms with Gasteiger partial charge in [-0.05, 0) is 25.1 Å². The number of nitrogens with two attached hydrogens (primary N) is 1. The van der Waals surface area contributed by atoms with E-state index in [-0.39, 0.29) is 17.3 Å². The number of allylic oxidation sites excluding steroid dienone is 1. The largest absolute Gasteiger partial charge is 0.488 e. The first-order valence-corrected chi connectivity index (χ1v) is 6.06. The van der Waals surface area contributed by atoms with Crippen molar-refractivity contribution in [3.8, 4) is 5.75 Å². The highest BCUT2D eigenvalue weighted by atomic mass is 32.2. The van der Waals surface area contributed by atoms with Crippen molar-refractivity contribution in [1.29, 1.82) is 0 Å². The van der Waals surface area contributed by atoms with Gasteiger partial charge in [0.15, 0.2) is 0 Å². The van der Waals surface area contributed by atoms with Crippen molar-refractivity contribution in [3.63, 3.8) is 0 Å². The Morgan fingerprint density at radius 1 is 1.50 bits per heavy atom. The Labute approximate surface area is 93.6 Å². The van der Waals surface area contributed by atoms with E-state index in [1.807, 2.05) is 0 Å². The highest BCUT2D eigenvalue weighted by Crippen LogP contribution is 2.23. The van der Waals surface area contributed by atoms with Crippen LogP contribution >= 0.6 is 0 Å². The smallest absolute Gasteiger partial charge is 0.241 e. The minimum Gasteiger partial charge on any atom is -0.488 e. The van der Waals surface area contributed by atoms with Gasteiger partial charge in [0.1, 0.15) is 23.1 Å². The van der Waals surface area contributed by atoms with E-state index in [1.165, 1.54) is 6.07 Å². The number of benzene rings is 1. The minimum atomic E-state index is -3.98. The average Bonchev–Trinajstić information content (AvgIpc) is 2.19. The second-order valence-corrected chi connectivity index (χ2v) is 4.55. The van der Waals surface area contributed by atoms with Crippen LogP contribution in [0.2, 0.25) is 0 Å². The molecular formula is C10H12FNO3S. The molecule has 0 unspecified atom stereocenters. The molecule has 0 fully saturated rings. The predicted molar refractivity (Wildman–Crippen MR) is 58.1 cm³/mol. The number of halogens is 1. The molecule has 0 aliphatic rings. The van der Waals surface area contributed by atoms with Crippen LogP contribution in [0.5, 0.6) is 5.75 Å². The standard InChI is InChI=1S/C10H12FNO3S/c1-2-3-6-15-9-5-4-8(11)7-10(9)16(12,13)14/h2-5,7H,6H2,1H3,(H2,12,13,14)/b3-2+. The van der Waals surface area contributed by atoms with E-state index < -0.39 is 15.8 Å². The van der Waals surface area contributed by atoms with Gasteiger partial charge in [0.05, 0.1) is 0 Å². The van der Waals surface area contributed by atoms with Gasteiger partial charge in [-0.2, -0.15) is 0 Å². The molecule has 1 aromatic carbocycles. The normalized spacial score (nSPS) is 11.9. The molecule has 16 heavy (non-hydrogen) atoms. The Morgan fingerprint density at radius 2 is 2.19 bits per heavy atom. The van der Waals surface area contributed by atoms with Gasteiger partial charge in [-0.3, -0.25) is 0 Å². The first-order valence-electron chi connectivity index (χ1n) is 4.51. The first-order chi connectivity index (χ1) is 7.45. The molecule has 0 aliphatic heterocycles. The molecule has 0 aliphatic carbocycles. The van der Waals surface area contributed by atoms with Gasteiger partial charge in [-0.15, -0.1) is 0 Å². The molecule has 0 saturated carbocycles. The molecule has 1 rings (SSSR count). The molecule has 4 nitrogen and oxygen atoms in total. The maximum absolute atomic E-state index is 12.9. The number of hydrogen-bond donors (Lipinski definition) is 1. The number of primary sulfonamides is 1. The van der Waals surface area contributed by atoms with Crippen LogP contribution in [-0.2, 0) is 10.0 Å². The summed E-state index contributed by atoms with van der Waals surface area (Å²) in [5.41, 5.74) is 0. The Kier molecular flexibility index (Phi) is 4.03. The van der Waals surface area contributed by atoms with Crippen molar-refractivity contribution < 1.29 is 17.5 Å². The highest BCUT2D eigenvalue weighted by molar-refractivity contribution is 7.89. The zero-order valence-electron chi connectivity index (χ0n) is 8.68. The third-order valence-corrected chi connectivity index (χ3v) is 2.72. The van der Waals surface area contributed by atoms with Crippen LogP contribution in [0, 0.1) is 5.82 Å². The van der Waals surface area contributed by atoms with Gasteiger partial charge in [0.2, 0.25) is 10.0 Å². The van der Waals surface area contributed by atoms with E-state index in [0.717, 1.165) is 12.1 Å². The summed E-state index contributed by atoms with van der Waals surface area (Å²) in [7, 11) is -3.98. The van der Waals surface area contributed by atoms with Crippen LogP contribution < -0.4 is 9.88 Å². The fourth-order valence-corrected chi connectivity index (χ4v) is 1.74. The van der Waals surface area contributed by atoms with Crippen LogP contribution in [0.15, 0.2) is 35.2 Å². The molecule has 0 atom stereocenters. The zero-order valence-corrected chi connectivity index (χ0v) is 9.50. The molecule has 0 spiro atoms. The van der Waals surface area contributed by atoms with Crippen molar-refractivity contribution in [1.82, 2.24) is 0 Å². The SMILES string of the molecule is C/C=C/COc1ccc(F)cc1S(N)(=O)=O. The van der Waals surface area contributed by atoms with Crippen LogP contribution in [-0.4, -0.2) is 15.0 Å². The zero-order chi connectivity index (χ0) is 12.2. The summed E-state index contributed by atoms with van der Waals surface area (Å²) >= 11 is 0. The lowest BCUT2D eigenvalue weighted by molar-refractivity contribution is 0.351. The van der Waals surface area contributed by atoms with Gasteiger partial charge in [-0.25, -0.2) is 17.9 Å². The topological polar surface area (TPSA) is 69.4 Å². The molecular weight excluding hydrogens is 233 g/mol. The lowest BCUT2D eigenvalue weighted by atomic mass is 10.3. The highest BCUT2D eigenvalue weighted by Gasteiger charge is 2.15. The van der Waals surface area contributed by atoms with Crippen molar-refractivity contribution in [3.05, 3.63) is 36.2 Å². The Bertz CT molecular complexity index is 497. The van der Waals surface area contributed by atoms with Crippen molar-refractivity contribution >= 4 is 10.0 Å². The predicted octanol–water partition coefficient (Wildman–Crippen LogP) is 1.43. The van der Waals surface area contributed by atoms with E-state index >= 15 is 0 Å². The first kappa shape index (κ1) is 12.7. The fraction of sp³-hybridized carbons (Fsp3) is 0.200. The summed E-state index contributed by atoms with van der Waals surface area (Å²) < 4.78 is 40.3. The maximum atomic E-state index is 12.9. The minimum absolute atomic E-state index is 0.0435.